The van der Waals surface area contributed by atoms with Crippen LogP contribution in [0.1, 0.15) is 46.3 Å². The van der Waals surface area contributed by atoms with E-state index in [0.717, 1.165) is 11.3 Å². The topological polar surface area (TPSA) is 85.3 Å². The van der Waals surface area contributed by atoms with Crippen LogP contribution >= 0.6 is 34.8 Å². The second kappa shape index (κ2) is 6.86. The van der Waals surface area contributed by atoms with Crippen molar-refractivity contribution in [1.82, 2.24) is 15.0 Å². The van der Waals surface area contributed by atoms with Gasteiger partial charge < -0.3 is 10.3 Å². The van der Waals surface area contributed by atoms with E-state index in [1.165, 1.54) is 18.5 Å². The Balaban J connectivity index is 1.77. The van der Waals surface area contributed by atoms with Crippen LogP contribution in [-0.2, 0) is 0 Å². The van der Waals surface area contributed by atoms with Crippen molar-refractivity contribution in [3.63, 3.8) is 0 Å². The fourth-order valence-electron chi connectivity index (χ4n) is 2.72. The van der Waals surface area contributed by atoms with Crippen LogP contribution in [0.4, 0.5) is 5.69 Å². The van der Waals surface area contributed by atoms with Crippen molar-refractivity contribution in [2.24, 2.45) is 5.10 Å². The van der Waals surface area contributed by atoms with E-state index < -0.39 is 5.91 Å². The summed E-state index contributed by atoms with van der Waals surface area (Å²) in [6.07, 6.45) is 3.99. The summed E-state index contributed by atoms with van der Waals surface area (Å²) in [6.45, 7) is 4.09. The monoisotopic (exact) mass is 399 g/mol. The summed E-state index contributed by atoms with van der Waals surface area (Å²) in [7, 11) is 0. The maximum atomic E-state index is 12.2. The van der Waals surface area contributed by atoms with Gasteiger partial charge in [-0.3, -0.25) is 4.79 Å². The van der Waals surface area contributed by atoms with Crippen LogP contribution in [0, 0.1) is 13.8 Å². The predicted molar refractivity (Wildman–Crippen MR) is 101 cm³/mol. The molecule has 1 aliphatic rings. The molecule has 0 bridgehead atoms. The van der Waals surface area contributed by atoms with Crippen LogP contribution in [0.3, 0.4) is 0 Å². The molecule has 0 aliphatic heterocycles. The molecule has 1 aliphatic carbocycles. The molecule has 25 heavy (non-hydrogen) atoms. The first kappa shape index (κ1) is 18.0. The molecule has 1 saturated carbocycles. The van der Waals surface area contributed by atoms with E-state index >= 15 is 0 Å². The van der Waals surface area contributed by atoms with Gasteiger partial charge in [-0.05, 0) is 32.8 Å². The van der Waals surface area contributed by atoms with E-state index in [9.17, 15) is 4.79 Å². The van der Waals surface area contributed by atoms with Gasteiger partial charge in [-0.25, -0.2) is 10.4 Å². The van der Waals surface area contributed by atoms with Gasteiger partial charge in [0.1, 0.15) is 5.02 Å². The summed E-state index contributed by atoms with van der Waals surface area (Å²) in [4.78, 5) is 16.1. The number of pyridine rings is 1. The molecule has 0 spiro atoms. The SMILES string of the molecule is Cc1cc(/C=N/NC(=O)c2nc(Cl)c(Cl)c(N)c2Cl)c(C)n1C1CC1. The number of hydrogen-bond donors (Lipinski definition) is 2. The second-order valence-electron chi connectivity index (χ2n) is 5.92. The van der Waals surface area contributed by atoms with Gasteiger partial charge in [-0.15, -0.1) is 0 Å². The molecular formula is C16H16Cl3N5O. The molecule has 2 aromatic heterocycles. The Kier molecular flexibility index (Phi) is 4.95. The summed E-state index contributed by atoms with van der Waals surface area (Å²) < 4.78 is 2.29. The lowest BCUT2D eigenvalue weighted by Crippen LogP contribution is -2.20. The highest BCUT2D eigenvalue weighted by atomic mass is 35.5. The van der Waals surface area contributed by atoms with E-state index in [1.54, 1.807) is 6.21 Å². The lowest BCUT2D eigenvalue weighted by atomic mass is 10.3. The van der Waals surface area contributed by atoms with Crippen molar-refractivity contribution < 1.29 is 4.79 Å². The summed E-state index contributed by atoms with van der Waals surface area (Å²) in [5.41, 5.74) is 11.2. The Labute approximate surface area is 160 Å². The quantitative estimate of drug-likeness (QED) is 0.459. The zero-order valence-corrected chi connectivity index (χ0v) is 15.9. The van der Waals surface area contributed by atoms with Crippen LogP contribution < -0.4 is 11.2 Å². The van der Waals surface area contributed by atoms with Crippen LogP contribution in [-0.4, -0.2) is 21.7 Å². The Morgan fingerprint density at radius 1 is 1.36 bits per heavy atom. The van der Waals surface area contributed by atoms with E-state index in [2.05, 4.69) is 27.0 Å². The van der Waals surface area contributed by atoms with Crippen LogP contribution in [0.15, 0.2) is 11.2 Å². The van der Waals surface area contributed by atoms with Crippen molar-refractivity contribution in [3.05, 3.63) is 43.9 Å². The largest absolute Gasteiger partial charge is 0.396 e. The standard InChI is InChI=1S/C16H16Cl3N5O/c1-7-5-9(8(2)24(7)10-3-4-10)6-21-23-16(25)14-11(17)13(20)12(18)15(19)22-14/h5-6,10H,3-4H2,1-2H3,(H2,20,22)(H,23,25)/b21-6+. The van der Waals surface area contributed by atoms with E-state index in [1.807, 2.05) is 13.0 Å². The van der Waals surface area contributed by atoms with E-state index in [-0.39, 0.29) is 26.6 Å². The first-order valence-electron chi connectivity index (χ1n) is 7.63. The number of amides is 1. The molecule has 0 unspecified atom stereocenters. The number of nitrogen functional groups attached to an aromatic ring is 1. The highest BCUT2D eigenvalue weighted by Crippen LogP contribution is 2.38. The number of aryl methyl sites for hydroxylation is 1. The van der Waals surface area contributed by atoms with Crippen molar-refractivity contribution in [2.75, 3.05) is 5.73 Å². The Morgan fingerprint density at radius 2 is 2.04 bits per heavy atom. The van der Waals surface area contributed by atoms with E-state index in [0.29, 0.717) is 6.04 Å². The number of carbonyl (C=O) groups is 1. The molecule has 0 saturated heterocycles. The summed E-state index contributed by atoms with van der Waals surface area (Å²) in [5.74, 6) is -0.623. The third kappa shape index (κ3) is 3.47. The highest BCUT2D eigenvalue weighted by molar-refractivity contribution is 6.46. The molecule has 0 aromatic carbocycles. The third-order valence-electron chi connectivity index (χ3n) is 4.09. The Bertz CT molecular complexity index is 887. The van der Waals surface area contributed by atoms with Crippen molar-refractivity contribution in [1.29, 1.82) is 0 Å². The first-order chi connectivity index (χ1) is 11.8. The summed E-state index contributed by atoms with van der Waals surface area (Å²) in [5, 5.41) is 3.84. The average molecular weight is 401 g/mol. The Morgan fingerprint density at radius 3 is 2.68 bits per heavy atom. The minimum Gasteiger partial charge on any atom is -0.396 e. The van der Waals surface area contributed by atoms with Gasteiger partial charge in [-0.1, -0.05) is 34.8 Å². The Hall–Kier alpha value is -1.76. The van der Waals surface area contributed by atoms with Crippen molar-refractivity contribution in [3.8, 4) is 0 Å². The normalized spacial score (nSPS) is 14.3. The number of aromatic nitrogens is 2. The fraction of sp³-hybridized carbons (Fsp3) is 0.312. The molecule has 9 heteroatoms. The van der Waals surface area contributed by atoms with Gasteiger partial charge in [0.2, 0.25) is 0 Å². The molecule has 3 N–H and O–H groups in total. The zero-order chi connectivity index (χ0) is 18.3. The summed E-state index contributed by atoms with van der Waals surface area (Å²) in [6, 6.07) is 2.62. The predicted octanol–water partition coefficient (Wildman–Crippen LogP) is 4.14. The number of nitrogens with zero attached hydrogens (tertiary/aromatic N) is 3. The highest BCUT2D eigenvalue weighted by Gasteiger charge is 2.26. The smallest absolute Gasteiger partial charge is 0.291 e. The van der Waals surface area contributed by atoms with Gasteiger partial charge in [0.25, 0.3) is 5.91 Å². The number of nitrogens with two attached hydrogens (primary N) is 1. The molecule has 2 heterocycles. The number of halogens is 3. The maximum absolute atomic E-state index is 12.2. The number of carbonyl (C=O) groups excluding carboxylic acids is 1. The number of nitrogens with one attached hydrogen (secondary N) is 1. The van der Waals surface area contributed by atoms with Crippen LogP contribution in [0.5, 0.6) is 0 Å². The van der Waals surface area contributed by atoms with Gasteiger partial charge in [0, 0.05) is 23.0 Å². The molecule has 132 valence electrons. The van der Waals surface area contributed by atoms with Gasteiger partial charge in [0.05, 0.1) is 16.9 Å². The molecular weight excluding hydrogens is 385 g/mol. The molecule has 1 fully saturated rings. The van der Waals surface area contributed by atoms with Crippen LogP contribution in [0.25, 0.3) is 0 Å². The minimum atomic E-state index is -0.623. The molecule has 3 rings (SSSR count). The maximum Gasteiger partial charge on any atom is 0.291 e. The molecule has 0 atom stereocenters. The van der Waals surface area contributed by atoms with Crippen molar-refractivity contribution >= 4 is 52.6 Å². The summed E-state index contributed by atoms with van der Waals surface area (Å²) >= 11 is 17.7. The average Bonchev–Trinajstić information content (AvgIpc) is 3.35. The van der Waals surface area contributed by atoms with Gasteiger partial charge >= 0.3 is 0 Å². The number of hydrazone groups is 1. The molecule has 2 aromatic rings. The lowest BCUT2D eigenvalue weighted by molar-refractivity contribution is 0.0950. The van der Waals surface area contributed by atoms with E-state index in [4.69, 9.17) is 40.5 Å². The number of anilines is 1. The van der Waals surface area contributed by atoms with Gasteiger partial charge in [-0.2, -0.15) is 5.10 Å². The fourth-order valence-corrected chi connectivity index (χ4v) is 3.32. The van der Waals surface area contributed by atoms with Crippen LogP contribution in [0.2, 0.25) is 15.2 Å². The third-order valence-corrected chi connectivity index (χ3v) is 5.23. The van der Waals surface area contributed by atoms with Gasteiger partial charge in [0.15, 0.2) is 10.8 Å². The number of rotatable bonds is 4. The second-order valence-corrected chi connectivity index (χ2v) is 7.03. The number of hydrogen-bond acceptors (Lipinski definition) is 4. The first-order valence-corrected chi connectivity index (χ1v) is 8.76. The zero-order valence-electron chi connectivity index (χ0n) is 13.6. The molecule has 0 radical (unpaired) electrons. The van der Waals surface area contributed by atoms with Crippen molar-refractivity contribution in [2.45, 2.75) is 32.7 Å². The molecule has 1 amide bonds. The molecule has 6 nitrogen and oxygen atoms in total. The minimum absolute atomic E-state index is 0.00504. The lowest BCUT2D eigenvalue weighted by Gasteiger charge is -2.07.